The third-order valence-corrected chi connectivity index (χ3v) is 5.75. The van der Waals surface area contributed by atoms with E-state index in [0.717, 1.165) is 22.7 Å². The zero-order valence-corrected chi connectivity index (χ0v) is 16.9. The molecule has 0 saturated carbocycles. The smallest absolute Gasteiger partial charge is 0.215 e. The van der Waals surface area contributed by atoms with Crippen molar-refractivity contribution in [1.82, 2.24) is 20.3 Å². The monoisotopic (exact) mass is 395 g/mol. The summed E-state index contributed by atoms with van der Waals surface area (Å²) in [5.74, 6) is 0.663. The van der Waals surface area contributed by atoms with Gasteiger partial charge < -0.3 is 10.6 Å². The lowest BCUT2D eigenvalue weighted by Gasteiger charge is -2.10. The van der Waals surface area contributed by atoms with Gasteiger partial charge in [-0.1, -0.05) is 24.3 Å². The van der Waals surface area contributed by atoms with Gasteiger partial charge in [-0.2, -0.15) is 0 Å². The summed E-state index contributed by atoms with van der Waals surface area (Å²) in [6.07, 6.45) is 1.86. The van der Waals surface area contributed by atoms with Gasteiger partial charge in [0.15, 0.2) is 5.96 Å². The van der Waals surface area contributed by atoms with Crippen molar-refractivity contribution >= 4 is 27.3 Å². The van der Waals surface area contributed by atoms with E-state index in [1.165, 1.54) is 11.9 Å². The van der Waals surface area contributed by atoms with Crippen molar-refractivity contribution in [2.45, 2.75) is 32.7 Å². The van der Waals surface area contributed by atoms with Gasteiger partial charge in [0.25, 0.3) is 0 Å². The largest absolute Gasteiger partial charge is 0.357 e. The molecule has 0 amide bonds. The number of aliphatic imine (C=N–C) groups is 1. The predicted octanol–water partition coefficient (Wildman–Crippen LogP) is 1.76. The number of aryl methyl sites for hydroxylation is 1. The molecule has 0 unspecified atom stereocenters. The van der Waals surface area contributed by atoms with Crippen molar-refractivity contribution in [3.8, 4) is 0 Å². The SMILES string of the molecule is CCNC(=NCc1cccc(CS(=O)(=O)NC)c1)NCc1ncc(C)s1. The molecular weight excluding hydrogens is 370 g/mol. The number of rotatable bonds is 8. The van der Waals surface area contributed by atoms with Gasteiger partial charge in [-0.05, 0) is 32.0 Å². The lowest BCUT2D eigenvalue weighted by Crippen LogP contribution is -2.36. The second kappa shape index (κ2) is 9.65. The van der Waals surface area contributed by atoms with E-state index >= 15 is 0 Å². The van der Waals surface area contributed by atoms with Gasteiger partial charge >= 0.3 is 0 Å². The molecule has 0 aliphatic heterocycles. The summed E-state index contributed by atoms with van der Waals surface area (Å²) in [5, 5.41) is 7.47. The van der Waals surface area contributed by atoms with Crippen LogP contribution in [0.25, 0.3) is 0 Å². The summed E-state index contributed by atoms with van der Waals surface area (Å²) in [4.78, 5) is 10.1. The molecule has 1 heterocycles. The zero-order valence-electron chi connectivity index (χ0n) is 15.2. The molecule has 2 rings (SSSR count). The van der Waals surface area contributed by atoms with E-state index in [4.69, 9.17) is 0 Å². The first-order valence-corrected chi connectivity index (χ1v) is 10.8. The maximum absolute atomic E-state index is 11.7. The maximum atomic E-state index is 11.7. The first-order chi connectivity index (χ1) is 12.4. The molecule has 0 saturated heterocycles. The van der Waals surface area contributed by atoms with Gasteiger partial charge in [0.05, 0.1) is 18.8 Å². The number of thiazole rings is 1. The standard InChI is InChI=1S/C17H25N5O2S2/c1-4-19-17(22-11-16-20-9-13(2)25-16)21-10-14-6-5-7-15(8-14)12-26(23,24)18-3/h5-9,18H,4,10-12H2,1-3H3,(H2,19,21,22). The van der Waals surface area contributed by atoms with E-state index < -0.39 is 10.0 Å². The van der Waals surface area contributed by atoms with Gasteiger partial charge in [-0.25, -0.2) is 23.1 Å². The molecular formula is C17H25N5O2S2. The van der Waals surface area contributed by atoms with Crippen LogP contribution >= 0.6 is 11.3 Å². The first kappa shape index (κ1) is 20.3. The number of guanidine groups is 1. The molecule has 142 valence electrons. The van der Waals surface area contributed by atoms with Crippen LogP contribution in [0, 0.1) is 6.92 Å². The topological polar surface area (TPSA) is 95.5 Å². The van der Waals surface area contributed by atoms with Gasteiger partial charge in [0.2, 0.25) is 10.0 Å². The van der Waals surface area contributed by atoms with E-state index in [9.17, 15) is 8.42 Å². The lowest BCUT2D eigenvalue weighted by atomic mass is 10.1. The van der Waals surface area contributed by atoms with Gasteiger partial charge in [-0.3, -0.25) is 0 Å². The highest BCUT2D eigenvalue weighted by Crippen LogP contribution is 2.11. The first-order valence-electron chi connectivity index (χ1n) is 8.34. The second-order valence-electron chi connectivity index (χ2n) is 5.70. The van der Waals surface area contributed by atoms with Crippen LogP contribution in [0.5, 0.6) is 0 Å². The van der Waals surface area contributed by atoms with E-state index in [-0.39, 0.29) is 5.75 Å². The number of sulfonamides is 1. The van der Waals surface area contributed by atoms with Crippen LogP contribution in [0.1, 0.15) is 27.9 Å². The summed E-state index contributed by atoms with van der Waals surface area (Å²) in [6.45, 7) is 5.86. The van der Waals surface area contributed by atoms with Crippen molar-refractivity contribution < 1.29 is 8.42 Å². The molecule has 0 atom stereocenters. The molecule has 9 heteroatoms. The van der Waals surface area contributed by atoms with E-state index in [0.29, 0.717) is 19.0 Å². The average Bonchev–Trinajstić information content (AvgIpc) is 3.03. The molecule has 0 bridgehead atoms. The Bertz CT molecular complexity index is 846. The molecule has 0 spiro atoms. The van der Waals surface area contributed by atoms with Crippen molar-refractivity contribution in [2.24, 2.45) is 4.99 Å². The van der Waals surface area contributed by atoms with Gasteiger partial charge in [-0.15, -0.1) is 11.3 Å². The summed E-state index contributed by atoms with van der Waals surface area (Å²) < 4.78 is 25.7. The van der Waals surface area contributed by atoms with Crippen LogP contribution in [0.3, 0.4) is 0 Å². The maximum Gasteiger partial charge on any atom is 0.215 e. The third kappa shape index (κ3) is 6.74. The molecule has 1 aromatic heterocycles. The number of benzene rings is 1. The Labute approximate surface area is 159 Å². The number of hydrogen-bond donors (Lipinski definition) is 3. The van der Waals surface area contributed by atoms with E-state index in [1.807, 2.05) is 38.2 Å². The van der Waals surface area contributed by atoms with Crippen LogP contribution in [-0.4, -0.2) is 33.0 Å². The van der Waals surface area contributed by atoms with Crippen LogP contribution < -0.4 is 15.4 Å². The minimum absolute atomic E-state index is 0.0389. The number of nitrogens with one attached hydrogen (secondary N) is 3. The minimum Gasteiger partial charge on any atom is -0.357 e. The number of aromatic nitrogens is 1. The Morgan fingerprint density at radius 2 is 2.04 bits per heavy atom. The predicted molar refractivity (Wildman–Crippen MR) is 107 cm³/mol. The number of hydrogen-bond acceptors (Lipinski definition) is 5. The van der Waals surface area contributed by atoms with Crippen LogP contribution in [0.4, 0.5) is 0 Å². The quantitative estimate of drug-likeness (QED) is 0.468. The fourth-order valence-corrected chi connectivity index (χ4v) is 3.75. The average molecular weight is 396 g/mol. The van der Waals surface area contributed by atoms with Gasteiger partial charge in [0, 0.05) is 17.6 Å². The van der Waals surface area contributed by atoms with Crippen molar-refractivity contribution in [1.29, 1.82) is 0 Å². The third-order valence-electron chi connectivity index (χ3n) is 3.50. The normalized spacial score (nSPS) is 12.2. The Morgan fingerprint density at radius 1 is 1.27 bits per heavy atom. The highest BCUT2D eigenvalue weighted by molar-refractivity contribution is 7.88. The highest BCUT2D eigenvalue weighted by Gasteiger charge is 2.09. The Balaban J connectivity index is 2.01. The van der Waals surface area contributed by atoms with Gasteiger partial charge in [0.1, 0.15) is 5.01 Å². The van der Waals surface area contributed by atoms with Crippen molar-refractivity contribution in [3.63, 3.8) is 0 Å². The molecule has 0 radical (unpaired) electrons. The summed E-state index contributed by atoms with van der Waals surface area (Å²) >= 11 is 1.65. The fraction of sp³-hybridized carbons (Fsp3) is 0.412. The van der Waals surface area contributed by atoms with E-state index in [1.54, 1.807) is 17.4 Å². The number of nitrogens with zero attached hydrogens (tertiary/aromatic N) is 2. The molecule has 3 N–H and O–H groups in total. The molecule has 0 aliphatic rings. The van der Waals surface area contributed by atoms with E-state index in [2.05, 4.69) is 25.3 Å². The zero-order chi connectivity index (χ0) is 19.0. The van der Waals surface area contributed by atoms with Crippen molar-refractivity contribution in [2.75, 3.05) is 13.6 Å². The summed E-state index contributed by atoms with van der Waals surface area (Å²) in [7, 11) is -1.86. The Morgan fingerprint density at radius 3 is 2.69 bits per heavy atom. The van der Waals surface area contributed by atoms with Crippen molar-refractivity contribution in [3.05, 3.63) is 51.5 Å². The van der Waals surface area contributed by atoms with Crippen LogP contribution in [-0.2, 0) is 28.9 Å². The second-order valence-corrected chi connectivity index (χ2v) is 8.94. The Kier molecular flexibility index (Phi) is 7.55. The molecule has 0 fully saturated rings. The molecule has 26 heavy (non-hydrogen) atoms. The molecule has 0 aliphatic carbocycles. The Hall–Kier alpha value is -1.97. The minimum atomic E-state index is -3.28. The summed E-state index contributed by atoms with van der Waals surface area (Å²) in [5.41, 5.74) is 1.69. The molecule has 7 nitrogen and oxygen atoms in total. The summed E-state index contributed by atoms with van der Waals surface area (Å²) in [6, 6.07) is 7.46. The highest BCUT2D eigenvalue weighted by atomic mass is 32.2. The molecule has 1 aromatic carbocycles. The molecule has 2 aromatic rings. The van der Waals surface area contributed by atoms with Crippen LogP contribution in [0.2, 0.25) is 0 Å². The van der Waals surface area contributed by atoms with Crippen LogP contribution in [0.15, 0.2) is 35.5 Å². The fourth-order valence-electron chi connectivity index (χ4n) is 2.26. The lowest BCUT2D eigenvalue weighted by molar-refractivity contribution is 0.587.